The van der Waals surface area contributed by atoms with Gasteiger partial charge in [0, 0.05) is 13.1 Å². The Morgan fingerprint density at radius 2 is 1.65 bits per heavy atom. The predicted molar refractivity (Wildman–Crippen MR) is 125 cm³/mol. The van der Waals surface area contributed by atoms with Crippen molar-refractivity contribution in [2.45, 2.75) is 31.6 Å². The maximum absolute atomic E-state index is 12.3. The summed E-state index contributed by atoms with van der Waals surface area (Å²) in [7, 11) is 0. The van der Waals surface area contributed by atoms with Crippen LogP contribution in [0.5, 0.6) is 0 Å². The van der Waals surface area contributed by atoms with Crippen LogP contribution in [0.4, 0.5) is 4.79 Å². The molecule has 31 heavy (non-hydrogen) atoms. The van der Waals surface area contributed by atoms with Crippen LogP contribution in [0, 0.1) is 0 Å². The molecule has 4 heteroatoms. The van der Waals surface area contributed by atoms with Crippen molar-refractivity contribution in [1.29, 1.82) is 0 Å². The third-order valence-electron chi connectivity index (χ3n) is 6.21. The molecule has 4 nitrogen and oxygen atoms in total. The minimum absolute atomic E-state index is 0.224. The Kier molecular flexibility index (Phi) is 7.21. The smallest absolute Gasteiger partial charge is 0.409 e. The van der Waals surface area contributed by atoms with E-state index in [0.29, 0.717) is 44.7 Å². The lowest BCUT2D eigenvalue weighted by molar-refractivity contribution is 0.0264. The Labute approximate surface area is 184 Å². The van der Waals surface area contributed by atoms with E-state index in [1.165, 1.54) is 21.9 Å². The summed E-state index contributed by atoms with van der Waals surface area (Å²) < 4.78 is 10.9. The summed E-state index contributed by atoms with van der Waals surface area (Å²) in [6, 6.07) is 25.8. The van der Waals surface area contributed by atoms with Gasteiger partial charge in [0.2, 0.25) is 0 Å². The number of morpholine rings is 1. The van der Waals surface area contributed by atoms with Gasteiger partial charge >= 0.3 is 6.09 Å². The Morgan fingerprint density at radius 3 is 2.42 bits per heavy atom. The molecule has 0 radical (unpaired) electrons. The Balaban J connectivity index is 1.41. The van der Waals surface area contributed by atoms with Gasteiger partial charge in [-0.3, -0.25) is 0 Å². The molecule has 3 aromatic rings. The van der Waals surface area contributed by atoms with Gasteiger partial charge in [0.15, 0.2) is 0 Å². The molecular weight excluding hydrogens is 386 g/mol. The molecule has 1 aliphatic heterocycles. The minimum atomic E-state index is -0.224. The van der Waals surface area contributed by atoms with E-state index < -0.39 is 0 Å². The van der Waals surface area contributed by atoms with Crippen molar-refractivity contribution in [2.75, 3.05) is 32.9 Å². The van der Waals surface area contributed by atoms with Crippen LogP contribution >= 0.6 is 0 Å². The normalized spacial score (nSPS) is 16.1. The minimum Gasteiger partial charge on any atom is -0.449 e. The summed E-state index contributed by atoms with van der Waals surface area (Å²) in [4.78, 5) is 14.1. The van der Waals surface area contributed by atoms with Crippen LogP contribution in [0.3, 0.4) is 0 Å². The molecule has 1 fully saturated rings. The quantitative estimate of drug-likeness (QED) is 0.475. The second-order valence-corrected chi connectivity index (χ2v) is 8.35. The molecule has 4 rings (SSSR count). The molecule has 162 valence electrons. The fraction of sp³-hybridized carbons (Fsp3) is 0.370. The highest BCUT2D eigenvalue weighted by atomic mass is 16.6. The van der Waals surface area contributed by atoms with Gasteiger partial charge in [0.25, 0.3) is 0 Å². The van der Waals surface area contributed by atoms with Crippen LogP contribution in [0.25, 0.3) is 10.8 Å². The van der Waals surface area contributed by atoms with Crippen LogP contribution in [-0.2, 0) is 9.47 Å². The number of amides is 1. The second kappa shape index (κ2) is 10.5. The molecule has 3 aromatic carbocycles. The maximum Gasteiger partial charge on any atom is 0.409 e. The van der Waals surface area contributed by atoms with Crippen LogP contribution in [0.1, 0.15) is 42.7 Å². The Bertz CT molecular complexity index is 982. The largest absolute Gasteiger partial charge is 0.449 e. The van der Waals surface area contributed by atoms with Gasteiger partial charge in [-0.05, 0) is 46.6 Å². The zero-order valence-electron chi connectivity index (χ0n) is 18.2. The van der Waals surface area contributed by atoms with Crippen molar-refractivity contribution in [3.05, 3.63) is 83.9 Å². The molecule has 1 aliphatic rings. The highest BCUT2D eigenvalue weighted by molar-refractivity contribution is 5.83. The fourth-order valence-corrected chi connectivity index (χ4v) is 4.35. The molecule has 0 aliphatic carbocycles. The predicted octanol–water partition coefficient (Wildman–Crippen LogP) is 5.98. The third-order valence-corrected chi connectivity index (χ3v) is 6.21. The summed E-state index contributed by atoms with van der Waals surface area (Å²) in [5, 5.41) is 2.55. The van der Waals surface area contributed by atoms with Crippen LogP contribution < -0.4 is 0 Å². The molecule has 0 aromatic heterocycles. The first-order valence-electron chi connectivity index (χ1n) is 11.2. The van der Waals surface area contributed by atoms with Crippen molar-refractivity contribution in [3.8, 4) is 0 Å². The van der Waals surface area contributed by atoms with Crippen LogP contribution in [0.15, 0.2) is 72.8 Å². The standard InChI is InChI=1S/C27H31NO3/c1-21(24-12-11-23-9-5-6-10-25(23)20-24)19-26(22-7-3-2-4-8-22)13-16-31-27(29)28-14-17-30-18-15-28/h2-12,20-21,26H,13-19H2,1H3/t21-,26-/m0/s1. The van der Waals surface area contributed by atoms with Crippen molar-refractivity contribution in [2.24, 2.45) is 0 Å². The monoisotopic (exact) mass is 417 g/mol. The zero-order valence-corrected chi connectivity index (χ0v) is 18.2. The molecule has 1 saturated heterocycles. The van der Waals surface area contributed by atoms with Gasteiger partial charge < -0.3 is 14.4 Å². The number of benzene rings is 3. The van der Waals surface area contributed by atoms with E-state index in [2.05, 4.69) is 73.7 Å². The Morgan fingerprint density at radius 1 is 0.935 bits per heavy atom. The van der Waals surface area contributed by atoms with Crippen LogP contribution in [-0.4, -0.2) is 43.9 Å². The number of carbonyl (C=O) groups excluding carboxylic acids is 1. The first-order chi connectivity index (χ1) is 15.2. The maximum atomic E-state index is 12.3. The van der Waals surface area contributed by atoms with Gasteiger partial charge in [-0.2, -0.15) is 0 Å². The first-order valence-corrected chi connectivity index (χ1v) is 11.2. The number of nitrogens with zero attached hydrogens (tertiary/aromatic N) is 1. The van der Waals surface area contributed by atoms with Crippen molar-refractivity contribution >= 4 is 16.9 Å². The lowest BCUT2D eigenvalue weighted by Gasteiger charge is -2.27. The molecule has 0 N–H and O–H groups in total. The molecule has 1 amide bonds. The van der Waals surface area contributed by atoms with Crippen molar-refractivity contribution in [3.63, 3.8) is 0 Å². The summed E-state index contributed by atoms with van der Waals surface area (Å²) in [5.74, 6) is 0.741. The average Bonchev–Trinajstić information content (AvgIpc) is 2.84. The van der Waals surface area contributed by atoms with E-state index in [9.17, 15) is 4.79 Å². The summed E-state index contributed by atoms with van der Waals surface area (Å²) in [5.41, 5.74) is 2.66. The number of fused-ring (bicyclic) bond motifs is 1. The SMILES string of the molecule is C[C@@H](C[C@H](CCOC(=O)N1CCOCC1)c1ccccc1)c1ccc2ccccc2c1. The van der Waals surface area contributed by atoms with E-state index in [4.69, 9.17) is 9.47 Å². The summed E-state index contributed by atoms with van der Waals surface area (Å²) >= 11 is 0. The van der Waals surface area contributed by atoms with E-state index >= 15 is 0 Å². The van der Waals surface area contributed by atoms with Crippen molar-refractivity contribution < 1.29 is 14.3 Å². The van der Waals surface area contributed by atoms with Crippen LogP contribution in [0.2, 0.25) is 0 Å². The molecule has 0 spiro atoms. The molecule has 2 atom stereocenters. The number of carbonyl (C=O) groups is 1. The van der Waals surface area contributed by atoms with Gasteiger partial charge in [-0.15, -0.1) is 0 Å². The molecule has 0 unspecified atom stereocenters. The summed E-state index contributed by atoms with van der Waals surface area (Å²) in [6.07, 6.45) is 1.60. The number of rotatable bonds is 7. The Hall–Kier alpha value is -2.85. The van der Waals surface area contributed by atoms with E-state index in [1.54, 1.807) is 4.90 Å². The second-order valence-electron chi connectivity index (χ2n) is 8.35. The lowest BCUT2D eigenvalue weighted by atomic mass is 9.84. The topological polar surface area (TPSA) is 38.8 Å². The number of ether oxygens (including phenoxy) is 2. The van der Waals surface area contributed by atoms with E-state index in [0.717, 1.165) is 12.8 Å². The highest BCUT2D eigenvalue weighted by Gasteiger charge is 2.20. The van der Waals surface area contributed by atoms with E-state index in [1.807, 2.05) is 6.07 Å². The lowest BCUT2D eigenvalue weighted by Crippen LogP contribution is -2.41. The van der Waals surface area contributed by atoms with Crippen molar-refractivity contribution in [1.82, 2.24) is 4.90 Å². The first kappa shape index (κ1) is 21.4. The van der Waals surface area contributed by atoms with Gasteiger partial charge in [0.1, 0.15) is 0 Å². The molecule has 0 saturated carbocycles. The van der Waals surface area contributed by atoms with Gasteiger partial charge in [0.05, 0.1) is 19.8 Å². The molecular formula is C27H31NO3. The van der Waals surface area contributed by atoms with E-state index in [-0.39, 0.29) is 6.09 Å². The van der Waals surface area contributed by atoms with Gasteiger partial charge in [-0.1, -0.05) is 79.7 Å². The fourth-order valence-electron chi connectivity index (χ4n) is 4.35. The number of hydrogen-bond acceptors (Lipinski definition) is 3. The highest BCUT2D eigenvalue weighted by Crippen LogP contribution is 2.33. The van der Waals surface area contributed by atoms with Gasteiger partial charge in [-0.25, -0.2) is 4.79 Å². The zero-order chi connectivity index (χ0) is 21.5. The number of hydrogen-bond donors (Lipinski definition) is 0. The summed E-state index contributed by atoms with van der Waals surface area (Å²) in [6.45, 7) is 5.12. The third kappa shape index (κ3) is 5.65. The average molecular weight is 418 g/mol. The molecule has 0 bridgehead atoms. The molecule has 1 heterocycles.